The molecule has 0 unspecified atom stereocenters. The van der Waals surface area contributed by atoms with Gasteiger partial charge in [-0.15, -0.1) is 0 Å². The van der Waals surface area contributed by atoms with Crippen molar-refractivity contribution < 1.29 is 19.1 Å². The average molecular weight is 641 g/mol. The van der Waals surface area contributed by atoms with Crippen LogP contribution in [0, 0.1) is 0 Å². The van der Waals surface area contributed by atoms with Crippen LogP contribution in [-0.4, -0.2) is 110 Å². The van der Waals surface area contributed by atoms with E-state index in [-0.39, 0.29) is 18.0 Å². The third kappa shape index (κ3) is 10.3. The number of anilines is 1. The molecule has 0 saturated carbocycles. The zero-order valence-electron chi connectivity index (χ0n) is 27.7. The number of benzene rings is 3. The van der Waals surface area contributed by atoms with E-state index < -0.39 is 6.09 Å². The Morgan fingerprint density at radius 2 is 1.45 bits per heavy atom. The lowest BCUT2D eigenvalue weighted by molar-refractivity contribution is -0.121. The number of piperazine rings is 1. The standard InChI is InChI=1S/C37H48N6O4/c1-40(2)37(46)43-26-24-42(25-27-43)28-30-14-12-29(13-15-30)16-17-35(44)38-20-23-41-21-18-32(19-22-41)47-36(45)39-34-11-7-6-10-33(34)31-8-4-3-5-9-31/h3-15,32H,16-28H2,1-2H3,(H,38,44)(H,39,45). The van der Waals surface area contributed by atoms with Crippen LogP contribution in [0.5, 0.6) is 0 Å². The number of rotatable bonds is 11. The fourth-order valence-electron chi connectivity index (χ4n) is 6.15. The number of hydrogen-bond donors (Lipinski definition) is 2. The first-order valence-electron chi connectivity index (χ1n) is 16.7. The largest absolute Gasteiger partial charge is 0.446 e. The van der Waals surface area contributed by atoms with Gasteiger partial charge in [-0.05, 0) is 42.0 Å². The van der Waals surface area contributed by atoms with Crippen LogP contribution >= 0.6 is 0 Å². The maximum atomic E-state index is 12.7. The Kier molecular flexibility index (Phi) is 12.2. The molecule has 47 heavy (non-hydrogen) atoms. The molecule has 0 radical (unpaired) electrons. The number of hydrogen-bond acceptors (Lipinski definition) is 6. The van der Waals surface area contributed by atoms with Crippen LogP contribution < -0.4 is 10.6 Å². The molecule has 2 aliphatic rings. The van der Waals surface area contributed by atoms with E-state index in [9.17, 15) is 14.4 Å². The SMILES string of the molecule is CN(C)C(=O)N1CCN(Cc2ccc(CCC(=O)NCCN3CCC(OC(=O)Nc4ccccc4-c4ccccc4)CC3)cc2)CC1. The minimum Gasteiger partial charge on any atom is -0.446 e. The van der Waals surface area contributed by atoms with Crippen molar-refractivity contribution in [2.75, 3.05) is 71.8 Å². The van der Waals surface area contributed by atoms with Crippen LogP contribution in [0.4, 0.5) is 15.3 Å². The number of aryl methyl sites for hydroxylation is 1. The van der Waals surface area contributed by atoms with Crippen LogP contribution in [0.1, 0.15) is 30.4 Å². The highest BCUT2D eigenvalue weighted by Gasteiger charge is 2.24. The lowest BCUT2D eigenvalue weighted by atomic mass is 10.0. The molecule has 250 valence electrons. The third-order valence-electron chi connectivity index (χ3n) is 8.90. The van der Waals surface area contributed by atoms with Crippen molar-refractivity contribution in [3.63, 3.8) is 0 Å². The number of carbonyl (C=O) groups excluding carboxylic acids is 3. The van der Waals surface area contributed by atoms with Gasteiger partial charge in [-0.2, -0.15) is 0 Å². The Morgan fingerprint density at radius 3 is 2.15 bits per heavy atom. The number of likely N-dealkylation sites (tertiary alicyclic amines) is 1. The van der Waals surface area contributed by atoms with E-state index in [1.54, 1.807) is 19.0 Å². The third-order valence-corrected chi connectivity index (χ3v) is 8.90. The van der Waals surface area contributed by atoms with Crippen LogP contribution in [0.3, 0.4) is 0 Å². The molecule has 3 aromatic carbocycles. The summed E-state index contributed by atoms with van der Waals surface area (Å²) in [4.78, 5) is 45.6. The predicted octanol–water partition coefficient (Wildman–Crippen LogP) is 4.91. The number of nitrogens with zero attached hydrogens (tertiary/aromatic N) is 4. The molecule has 0 bridgehead atoms. The van der Waals surface area contributed by atoms with Gasteiger partial charge in [-0.25, -0.2) is 9.59 Å². The maximum Gasteiger partial charge on any atom is 0.411 e. The lowest BCUT2D eigenvalue weighted by Crippen LogP contribution is -2.51. The van der Waals surface area contributed by atoms with Crippen molar-refractivity contribution in [1.29, 1.82) is 0 Å². The smallest absolute Gasteiger partial charge is 0.411 e. The van der Waals surface area contributed by atoms with E-state index in [2.05, 4.69) is 44.7 Å². The summed E-state index contributed by atoms with van der Waals surface area (Å²) in [7, 11) is 3.58. The molecule has 0 aliphatic carbocycles. The first-order chi connectivity index (χ1) is 22.8. The summed E-state index contributed by atoms with van der Waals surface area (Å²) >= 11 is 0. The first kappa shape index (κ1) is 33.9. The molecule has 2 N–H and O–H groups in total. The van der Waals surface area contributed by atoms with E-state index in [4.69, 9.17) is 4.74 Å². The molecule has 5 rings (SSSR count). The summed E-state index contributed by atoms with van der Waals surface area (Å²) in [6, 6.07) is 26.3. The van der Waals surface area contributed by atoms with E-state index >= 15 is 0 Å². The molecule has 3 aromatic rings. The summed E-state index contributed by atoms with van der Waals surface area (Å²) in [6.45, 7) is 7.14. The molecule has 2 heterocycles. The van der Waals surface area contributed by atoms with Gasteiger partial charge in [0.05, 0.1) is 5.69 Å². The van der Waals surface area contributed by atoms with Gasteiger partial charge in [0.25, 0.3) is 0 Å². The van der Waals surface area contributed by atoms with E-state index in [1.165, 1.54) is 5.56 Å². The molecule has 4 amide bonds. The number of piperidine rings is 1. The minimum atomic E-state index is -0.429. The molecule has 2 saturated heterocycles. The summed E-state index contributed by atoms with van der Waals surface area (Å²) in [5, 5.41) is 5.99. The van der Waals surface area contributed by atoms with Gasteiger partial charge in [-0.1, -0.05) is 72.8 Å². The summed E-state index contributed by atoms with van der Waals surface area (Å²) in [5.41, 5.74) is 5.12. The molecule has 0 atom stereocenters. The first-order valence-corrected chi connectivity index (χ1v) is 16.7. The average Bonchev–Trinajstić information content (AvgIpc) is 3.09. The van der Waals surface area contributed by atoms with Gasteiger partial charge < -0.3 is 24.8 Å². The van der Waals surface area contributed by atoms with Gasteiger partial charge in [-0.3, -0.25) is 15.0 Å². The Bertz CT molecular complexity index is 1450. The van der Waals surface area contributed by atoms with Crippen LogP contribution in [0.15, 0.2) is 78.9 Å². The van der Waals surface area contributed by atoms with Crippen LogP contribution in [0.2, 0.25) is 0 Å². The Balaban J connectivity index is 0.935. The Morgan fingerprint density at radius 1 is 0.787 bits per heavy atom. The van der Waals surface area contributed by atoms with E-state index in [1.807, 2.05) is 59.5 Å². The fourth-order valence-corrected chi connectivity index (χ4v) is 6.15. The highest BCUT2D eigenvalue weighted by molar-refractivity contribution is 5.91. The van der Waals surface area contributed by atoms with E-state index in [0.717, 1.165) is 87.6 Å². The predicted molar refractivity (Wildman–Crippen MR) is 185 cm³/mol. The van der Waals surface area contributed by atoms with Gasteiger partial charge in [0.2, 0.25) is 5.91 Å². The van der Waals surface area contributed by atoms with Gasteiger partial charge in [0.1, 0.15) is 6.10 Å². The van der Waals surface area contributed by atoms with Crippen molar-refractivity contribution in [3.8, 4) is 11.1 Å². The molecule has 2 aliphatic heterocycles. The van der Waals surface area contributed by atoms with Gasteiger partial charge in [0.15, 0.2) is 0 Å². The molecular formula is C37H48N6O4. The topological polar surface area (TPSA) is 97.5 Å². The van der Waals surface area contributed by atoms with Crippen molar-refractivity contribution in [3.05, 3.63) is 90.0 Å². The number of urea groups is 1. The van der Waals surface area contributed by atoms with Crippen molar-refractivity contribution in [2.24, 2.45) is 0 Å². The van der Waals surface area contributed by atoms with Crippen molar-refractivity contribution in [2.45, 2.75) is 38.3 Å². The Labute approximate surface area is 278 Å². The second-order valence-corrected chi connectivity index (χ2v) is 12.6. The van der Waals surface area contributed by atoms with Gasteiger partial charge >= 0.3 is 12.1 Å². The van der Waals surface area contributed by atoms with Crippen LogP contribution in [-0.2, 0) is 22.5 Å². The molecule has 2 fully saturated rings. The van der Waals surface area contributed by atoms with E-state index in [0.29, 0.717) is 19.4 Å². The quantitative estimate of drug-likeness (QED) is 0.309. The monoisotopic (exact) mass is 640 g/mol. The summed E-state index contributed by atoms with van der Waals surface area (Å²) in [6.07, 6.45) is 2.15. The minimum absolute atomic E-state index is 0.0601. The normalized spacial score (nSPS) is 16.0. The number of para-hydroxylation sites is 1. The number of ether oxygens (including phenoxy) is 1. The highest BCUT2D eigenvalue weighted by atomic mass is 16.6. The second kappa shape index (κ2) is 16.9. The van der Waals surface area contributed by atoms with Gasteiger partial charge in [0, 0.05) is 85.0 Å². The summed E-state index contributed by atoms with van der Waals surface area (Å²) < 4.78 is 5.75. The molecule has 0 spiro atoms. The zero-order valence-corrected chi connectivity index (χ0v) is 27.7. The molecule has 10 heteroatoms. The molecular weight excluding hydrogens is 592 g/mol. The van der Waals surface area contributed by atoms with Crippen molar-refractivity contribution >= 4 is 23.7 Å². The number of nitrogens with one attached hydrogen (secondary N) is 2. The van der Waals surface area contributed by atoms with Crippen molar-refractivity contribution in [1.82, 2.24) is 24.9 Å². The fraction of sp³-hybridized carbons (Fsp3) is 0.432. The summed E-state index contributed by atoms with van der Waals surface area (Å²) in [5.74, 6) is 0.0601. The zero-order chi connectivity index (χ0) is 33.0. The highest BCUT2D eigenvalue weighted by Crippen LogP contribution is 2.28. The van der Waals surface area contributed by atoms with Crippen LogP contribution in [0.25, 0.3) is 11.1 Å². The number of carbonyl (C=O) groups is 3. The molecule has 10 nitrogen and oxygen atoms in total. The Hall–Kier alpha value is -4.41. The number of amides is 4. The maximum absolute atomic E-state index is 12.7. The second-order valence-electron chi connectivity index (χ2n) is 12.6. The lowest BCUT2D eigenvalue weighted by Gasteiger charge is -2.36. The molecule has 0 aromatic heterocycles.